The van der Waals surface area contributed by atoms with Crippen LogP contribution in [0.4, 0.5) is 16.2 Å². The number of carbonyl (C=O) groups is 2. The first kappa shape index (κ1) is 17.7. The molecule has 1 fully saturated rings. The summed E-state index contributed by atoms with van der Waals surface area (Å²) in [6.45, 7) is 6.13. The van der Waals surface area contributed by atoms with E-state index in [0.717, 1.165) is 0 Å². The average molecular weight is 336 g/mol. The lowest BCUT2D eigenvalue weighted by atomic mass is 10.0. The van der Waals surface area contributed by atoms with Crippen LogP contribution in [0.15, 0.2) is 18.2 Å². The number of rotatable bonds is 3. The molecule has 1 aliphatic rings. The Hall–Kier alpha value is -2.68. The first-order chi connectivity index (χ1) is 11.2. The van der Waals surface area contributed by atoms with Crippen molar-refractivity contribution in [2.75, 3.05) is 18.4 Å². The fourth-order valence-corrected chi connectivity index (χ4v) is 2.29. The molecule has 9 heteroatoms. The molecule has 1 saturated heterocycles. The SMILES string of the molecule is CC(C)(C)OC(=O)Nc1ccc(C2NCCNC2=O)c([N+](=O)[O-])c1. The van der Waals surface area contributed by atoms with E-state index in [9.17, 15) is 19.7 Å². The molecular weight excluding hydrogens is 316 g/mol. The van der Waals surface area contributed by atoms with Gasteiger partial charge in [-0.25, -0.2) is 4.79 Å². The van der Waals surface area contributed by atoms with Gasteiger partial charge in [0.25, 0.3) is 5.69 Å². The number of piperazine rings is 1. The fourth-order valence-electron chi connectivity index (χ4n) is 2.29. The van der Waals surface area contributed by atoms with E-state index in [0.29, 0.717) is 13.1 Å². The summed E-state index contributed by atoms with van der Waals surface area (Å²) >= 11 is 0. The van der Waals surface area contributed by atoms with Crippen LogP contribution in [0.3, 0.4) is 0 Å². The molecule has 1 aromatic carbocycles. The Morgan fingerprint density at radius 2 is 2.08 bits per heavy atom. The molecule has 24 heavy (non-hydrogen) atoms. The molecule has 3 N–H and O–H groups in total. The summed E-state index contributed by atoms with van der Waals surface area (Å²) in [7, 11) is 0. The second kappa shape index (κ2) is 6.83. The van der Waals surface area contributed by atoms with Crippen LogP contribution < -0.4 is 16.0 Å². The normalized spacial score (nSPS) is 17.8. The van der Waals surface area contributed by atoms with Gasteiger partial charge in [0.05, 0.1) is 16.2 Å². The predicted octanol–water partition coefficient (Wildman–Crippen LogP) is 1.70. The molecule has 1 unspecified atom stereocenters. The molecule has 1 atom stereocenters. The minimum Gasteiger partial charge on any atom is -0.444 e. The van der Waals surface area contributed by atoms with Gasteiger partial charge >= 0.3 is 6.09 Å². The fraction of sp³-hybridized carbons (Fsp3) is 0.467. The van der Waals surface area contributed by atoms with Gasteiger partial charge in [-0.2, -0.15) is 0 Å². The van der Waals surface area contributed by atoms with Gasteiger partial charge in [-0.05, 0) is 32.9 Å². The van der Waals surface area contributed by atoms with Crippen molar-refractivity contribution in [3.8, 4) is 0 Å². The molecule has 1 aliphatic heterocycles. The van der Waals surface area contributed by atoms with Crippen molar-refractivity contribution < 1.29 is 19.2 Å². The number of nitro benzene ring substituents is 1. The van der Waals surface area contributed by atoms with Crippen molar-refractivity contribution in [2.24, 2.45) is 0 Å². The Morgan fingerprint density at radius 3 is 2.67 bits per heavy atom. The Kier molecular flexibility index (Phi) is 5.03. The molecule has 0 aliphatic carbocycles. The summed E-state index contributed by atoms with van der Waals surface area (Å²) in [6, 6.07) is 3.36. The number of nitrogens with zero attached hydrogens (tertiary/aromatic N) is 1. The third-order valence-corrected chi connectivity index (χ3v) is 3.22. The maximum atomic E-state index is 11.9. The Morgan fingerprint density at radius 1 is 1.38 bits per heavy atom. The summed E-state index contributed by atoms with van der Waals surface area (Å²) in [5.74, 6) is -0.322. The second-order valence-corrected chi connectivity index (χ2v) is 6.34. The van der Waals surface area contributed by atoms with E-state index in [1.54, 1.807) is 20.8 Å². The first-order valence-electron chi connectivity index (χ1n) is 7.47. The third-order valence-electron chi connectivity index (χ3n) is 3.22. The van der Waals surface area contributed by atoms with Crippen LogP contribution in [-0.2, 0) is 9.53 Å². The van der Waals surface area contributed by atoms with E-state index >= 15 is 0 Å². The van der Waals surface area contributed by atoms with E-state index < -0.39 is 22.7 Å². The van der Waals surface area contributed by atoms with Gasteiger partial charge in [0, 0.05) is 19.2 Å². The molecule has 0 spiro atoms. The van der Waals surface area contributed by atoms with Crippen molar-refractivity contribution in [3.05, 3.63) is 33.9 Å². The largest absolute Gasteiger partial charge is 0.444 e. The summed E-state index contributed by atoms with van der Waals surface area (Å²) in [5.41, 5.74) is -0.471. The number of nitrogens with one attached hydrogen (secondary N) is 3. The molecule has 2 amide bonds. The van der Waals surface area contributed by atoms with Gasteiger partial charge in [-0.3, -0.25) is 20.2 Å². The maximum absolute atomic E-state index is 11.9. The minimum absolute atomic E-state index is 0.218. The maximum Gasteiger partial charge on any atom is 0.412 e. The number of hydrogen-bond donors (Lipinski definition) is 3. The van der Waals surface area contributed by atoms with Gasteiger partial charge in [0.2, 0.25) is 5.91 Å². The van der Waals surface area contributed by atoms with Crippen LogP contribution >= 0.6 is 0 Å². The highest BCUT2D eigenvalue weighted by atomic mass is 16.6. The zero-order valence-electron chi connectivity index (χ0n) is 13.7. The highest BCUT2D eigenvalue weighted by Gasteiger charge is 2.30. The smallest absolute Gasteiger partial charge is 0.412 e. The van der Waals surface area contributed by atoms with Gasteiger partial charge in [-0.15, -0.1) is 0 Å². The molecular formula is C15H20N4O5. The van der Waals surface area contributed by atoms with E-state index in [1.807, 2.05) is 0 Å². The Balaban J connectivity index is 2.25. The van der Waals surface area contributed by atoms with Crippen molar-refractivity contribution >= 4 is 23.4 Å². The molecule has 0 bridgehead atoms. The first-order valence-corrected chi connectivity index (χ1v) is 7.47. The van der Waals surface area contributed by atoms with E-state index in [-0.39, 0.29) is 22.8 Å². The van der Waals surface area contributed by atoms with Crippen LogP contribution in [0.1, 0.15) is 32.4 Å². The number of hydrogen-bond acceptors (Lipinski definition) is 6. The Bertz CT molecular complexity index is 668. The molecule has 0 aromatic heterocycles. The summed E-state index contributed by atoms with van der Waals surface area (Å²) < 4.78 is 5.11. The average Bonchev–Trinajstić information content (AvgIpc) is 2.46. The topological polar surface area (TPSA) is 123 Å². The quantitative estimate of drug-likeness (QED) is 0.570. The molecule has 130 valence electrons. The number of ether oxygens (including phenoxy) is 1. The standard InChI is InChI=1S/C15H20N4O5/c1-15(2,3)24-14(21)18-9-4-5-10(11(8-9)19(22)23)12-13(20)17-7-6-16-12/h4-5,8,12,16H,6-7H2,1-3H3,(H,17,20)(H,18,21). The van der Waals surface area contributed by atoms with Gasteiger partial charge in [0.1, 0.15) is 11.6 Å². The zero-order chi connectivity index (χ0) is 17.9. The lowest BCUT2D eigenvalue weighted by Gasteiger charge is -2.24. The number of nitro groups is 1. The molecule has 0 saturated carbocycles. The summed E-state index contributed by atoms with van der Waals surface area (Å²) in [4.78, 5) is 34.4. The number of anilines is 1. The van der Waals surface area contributed by atoms with E-state index in [2.05, 4.69) is 16.0 Å². The van der Waals surface area contributed by atoms with Crippen LogP contribution in [0.5, 0.6) is 0 Å². The second-order valence-electron chi connectivity index (χ2n) is 6.34. The monoisotopic (exact) mass is 336 g/mol. The van der Waals surface area contributed by atoms with Crippen molar-refractivity contribution in [3.63, 3.8) is 0 Å². The number of amides is 2. The summed E-state index contributed by atoms with van der Waals surface area (Å²) in [5, 5.41) is 19.4. The van der Waals surface area contributed by atoms with Gasteiger partial charge in [-0.1, -0.05) is 0 Å². The van der Waals surface area contributed by atoms with Crippen LogP contribution in [0.2, 0.25) is 0 Å². The lowest BCUT2D eigenvalue weighted by molar-refractivity contribution is -0.385. The van der Waals surface area contributed by atoms with Crippen molar-refractivity contribution in [1.29, 1.82) is 0 Å². The highest BCUT2D eigenvalue weighted by molar-refractivity contribution is 5.88. The minimum atomic E-state index is -0.797. The van der Waals surface area contributed by atoms with Gasteiger partial charge < -0.3 is 15.4 Å². The number of carbonyl (C=O) groups excluding carboxylic acids is 2. The highest BCUT2D eigenvalue weighted by Crippen LogP contribution is 2.29. The zero-order valence-corrected chi connectivity index (χ0v) is 13.7. The molecule has 1 heterocycles. The molecule has 9 nitrogen and oxygen atoms in total. The van der Waals surface area contributed by atoms with E-state index in [1.165, 1.54) is 18.2 Å². The third kappa shape index (κ3) is 4.42. The molecule has 2 rings (SSSR count). The van der Waals surface area contributed by atoms with E-state index in [4.69, 9.17) is 4.74 Å². The summed E-state index contributed by atoms with van der Waals surface area (Å²) in [6.07, 6.45) is -0.710. The van der Waals surface area contributed by atoms with Crippen LogP contribution in [-0.4, -0.2) is 35.6 Å². The van der Waals surface area contributed by atoms with Crippen LogP contribution in [0, 0.1) is 10.1 Å². The van der Waals surface area contributed by atoms with Crippen molar-refractivity contribution in [1.82, 2.24) is 10.6 Å². The Labute approximate surface area is 138 Å². The lowest BCUT2D eigenvalue weighted by Crippen LogP contribution is -2.47. The predicted molar refractivity (Wildman–Crippen MR) is 86.7 cm³/mol. The van der Waals surface area contributed by atoms with Crippen LogP contribution in [0.25, 0.3) is 0 Å². The van der Waals surface area contributed by atoms with Gasteiger partial charge in [0.15, 0.2) is 0 Å². The number of benzene rings is 1. The molecule has 0 radical (unpaired) electrons. The molecule has 1 aromatic rings. The van der Waals surface area contributed by atoms with Crippen molar-refractivity contribution in [2.45, 2.75) is 32.4 Å².